The van der Waals surface area contributed by atoms with Crippen LogP contribution in [0.2, 0.25) is 0 Å². The average molecular weight is 308 g/mol. The molecule has 22 heavy (non-hydrogen) atoms. The van der Waals surface area contributed by atoms with E-state index in [9.17, 15) is 0 Å². The molecule has 124 valence electrons. The molecule has 0 spiro atoms. The van der Waals surface area contributed by atoms with Gasteiger partial charge in [0.15, 0.2) is 5.96 Å². The zero-order valence-corrected chi connectivity index (χ0v) is 13.9. The van der Waals surface area contributed by atoms with Crippen LogP contribution >= 0.6 is 0 Å². The zero-order valence-electron chi connectivity index (χ0n) is 13.9. The molecule has 0 radical (unpaired) electrons. The molecule has 0 bridgehead atoms. The highest BCUT2D eigenvalue weighted by molar-refractivity contribution is 5.79. The molecule has 1 heterocycles. The lowest BCUT2D eigenvalue weighted by molar-refractivity contribution is 0.123. The Bertz CT molecular complexity index is 461. The van der Waals surface area contributed by atoms with Crippen molar-refractivity contribution in [1.82, 2.24) is 15.6 Å². The van der Waals surface area contributed by atoms with Crippen molar-refractivity contribution in [3.05, 3.63) is 17.3 Å². The van der Waals surface area contributed by atoms with Gasteiger partial charge in [-0.1, -0.05) is 0 Å². The van der Waals surface area contributed by atoms with Crippen molar-refractivity contribution < 1.29 is 9.15 Å². The number of oxazole rings is 1. The van der Waals surface area contributed by atoms with Gasteiger partial charge in [0.05, 0.1) is 5.69 Å². The number of hydrogen-bond donors (Lipinski definition) is 2. The van der Waals surface area contributed by atoms with E-state index in [2.05, 4.69) is 27.5 Å². The number of guanidine groups is 1. The predicted molar refractivity (Wildman–Crippen MR) is 87.0 cm³/mol. The van der Waals surface area contributed by atoms with Gasteiger partial charge in [0.1, 0.15) is 12.3 Å². The predicted octanol–water partition coefficient (Wildman–Crippen LogP) is 2.16. The number of aryl methyl sites for hydroxylation is 2. The van der Waals surface area contributed by atoms with E-state index in [-0.39, 0.29) is 0 Å². The lowest BCUT2D eigenvalue weighted by atomic mass is 10.4. The highest BCUT2D eigenvalue weighted by atomic mass is 16.5. The van der Waals surface area contributed by atoms with Crippen LogP contribution in [0.4, 0.5) is 0 Å². The molecular weight excluding hydrogens is 280 g/mol. The van der Waals surface area contributed by atoms with Crippen LogP contribution in [0.15, 0.2) is 9.41 Å². The van der Waals surface area contributed by atoms with Gasteiger partial charge in [0, 0.05) is 26.3 Å². The first-order valence-electron chi connectivity index (χ1n) is 8.22. The number of aromatic nitrogens is 1. The maximum atomic E-state index is 5.62. The molecule has 0 unspecified atom stereocenters. The van der Waals surface area contributed by atoms with Crippen LogP contribution < -0.4 is 10.6 Å². The summed E-state index contributed by atoms with van der Waals surface area (Å²) in [6.07, 6.45) is 3.67. The van der Waals surface area contributed by atoms with Crippen LogP contribution in [0.5, 0.6) is 0 Å². The fourth-order valence-electron chi connectivity index (χ4n) is 2.01. The van der Waals surface area contributed by atoms with Gasteiger partial charge in [-0.15, -0.1) is 0 Å². The van der Waals surface area contributed by atoms with Gasteiger partial charge in [0.2, 0.25) is 5.89 Å². The Hall–Kier alpha value is -1.56. The van der Waals surface area contributed by atoms with E-state index in [0.29, 0.717) is 12.4 Å². The number of nitrogens with one attached hydrogen (secondary N) is 2. The van der Waals surface area contributed by atoms with E-state index in [0.717, 1.165) is 56.1 Å². The molecule has 1 fully saturated rings. The number of nitrogens with zero attached hydrogens (tertiary/aromatic N) is 2. The number of hydrogen-bond acceptors (Lipinski definition) is 4. The Kier molecular flexibility index (Phi) is 6.71. The van der Waals surface area contributed by atoms with Crippen molar-refractivity contribution in [2.45, 2.75) is 46.6 Å². The monoisotopic (exact) mass is 308 g/mol. The van der Waals surface area contributed by atoms with E-state index >= 15 is 0 Å². The summed E-state index contributed by atoms with van der Waals surface area (Å²) in [6.45, 7) is 9.77. The summed E-state index contributed by atoms with van der Waals surface area (Å²) in [4.78, 5) is 8.83. The minimum Gasteiger partial charge on any atom is -0.444 e. The Morgan fingerprint density at radius 3 is 2.82 bits per heavy atom. The molecule has 1 aliphatic rings. The van der Waals surface area contributed by atoms with E-state index in [1.165, 1.54) is 12.8 Å². The molecule has 2 rings (SSSR count). The smallest absolute Gasteiger partial charge is 0.216 e. The minimum atomic E-state index is 0.447. The molecule has 0 saturated heterocycles. The van der Waals surface area contributed by atoms with Crippen molar-refractivity contribution in [2.24, 2.45) is 10.9 Å². The first-order chi connectivity index (χ1) is 10.7. The van der Waals surface area contributed by atoms with E-state index in [1.807, 2.05) is 13.8 Å². The summed E-state index contributed by atoms with van der Waals surface area (Å²) >= 11 is 0. The van der Waals surface area contributed by atoms with Gasteiger partial charge in [-0.25, -0.2) is 9.98 Å². The Morgan fingerprint density at radius 1 is 1.36 bits per heavy atom. The number of ether oxygens (including phenoxy) is 1. The third-order valence-electron chi connectivity index (χ3n) is 3.60. The average Bonchev–Trinajstić information content (AvgIpc) is 3.26. The standard InChI is InChI=1S/C16H28N4O2/c1-4-17-16(18-8-5-9-21-11-14-6-7-14)19-10-15-20-12(2)13(3)22-15/h14H,4-11H2,1-3H3,(H2,17,18,19). The highest BCUT2D eigenvalue weighted by Crippen LogP contribution is 2.28. The largest absolute Gasteiger partial charge is 0.444 e. The zero-order chi connectivity index (χ0) is 15.8. The fraction of sp³-hybridized carbons (Fsp3) is 0.750. The van der Waals surface area contributed by atoms with Crippen molar-refractivity contribution in [3.8, 4) is 0 Å². The Labute approximate surface area is 132 Å². The second-order valence-electron chi connectivity index (χ2n) is 5.74. The lowest BCUT2D eigenvalue weighted by Crippen LogP contribution is -2.38. The number of aliphatic imine (C=N–C) groups is 1. The van der Waals surface area contributed by atoms with Crippen LogP contribution in [-0.4, -0.2) is 37.2 Å². The van der Waals surface area contributed by atoms with Crippen molar-refractivity contribution in [1.29, 1.82) is 0 Å². The summed E-state index contributed by atoms with van der Waals surface area (Å²) in [5, 5.41) is 6.53. The van der Waals surface area contributed by atoms with Gasteiger partial charge in [0.25, 0.3) is 0 Å². The number of rotatable bonds is 9. The van der Waals surface area contributed by atoms with E-state index in [4.69, 9.17) is 9.15 Å². The van der Waals surface area contributed by atoms with Crippen LogP contribution in [0.3, 0.4) is 0 Å². The quantitative estimate of drug-likeness (QED) is 0.415. The summed E-state index contributed by atoms with van der Waals surface area (Å²) in [5.41, 5.74) is 0.927. The molecule has 0 amide bonds. The molecule has 1 aromatic heterocycles. The van der Waals surface area contributed by atoms with Gasteiger partial charge in [-0.2, -0.15) is 0 Å². The highest BCUT2D eigenvalue weighted by Gasteiger charge is 2.20. The van der Waals surface area contributed by atoms with Crippen LogP contribution in [-0.2, 0) is 11.3 Å². The molecule has 0 aliphatic heterocycles. The third-order valence-corrected chi connectivity index (χ3v) is 3.60. The molecule has 6 heteroatoms. The lowest BCUT2D eigenvalue weighted by Gasteiger charge is -2.10. The SMILES string of the molecule is CCNC(=NCc1nc(C)c(C)o1)NCCCOCC1CC1. The van der Waals surface area contributed by atoms with E-state index in [1.54, 1.807) is 0 Å². The van der Waals surface area contributed by atoms with Gasteiger partial charge in [-0.3, -0.25) is 0 Å². The molecule has 0 aromatic carbocycles. The molecule has 1 aromatic rings. The summed E-state index contributed by atoms with van der Waals surface area (Å²) in [5.74, 6) is 3.13. The summed E-state index contributed by atoms with van der Waals surface area (Å²) < 4.78 is 11.2. The first-order valence-corrected chi connectivity index (χ1v) is 8.22. The van der Waals surface area contributed by atoms with Crippen molar-refractivity contribution in [2.75, 3.05) is 26.3 Å². The van der Waals surface area contributed by atoms with Crippen molar-refractivity contribution in [3.63, 3.8) is 0 Å². The fourth-order valence-corrected chi connectivity index (χ4v) is 2.01. The molecule has 0 atom stereocenters. The van der Waals surface area contributed by atoms with E-state index < -0.39 is 0 Å². The first kappa shape index (κ1) is 16.8. The van der Waals surface area contributed by atoms with Gasteiger partial charge >= 0.3 is 0 Å². The molecule has 2 N–H and O–H groups in total. The molecule has 1 aliphatic carbocycles. The topological polar surface area (TPSA) is 71.7 Å². The second-order valence-corrected chi connectivity index (χ2v) is 5.74. The maximum absolute atomic E-state index is 5.62. The minimum absolute atomic E-state index is 0.447. The second kappa shape index (κ2) is 8.78. The Balaban J connectivity index is 1.67. The van der Waals surface area contributed by atoms with Crippen LogP contribution in [0, 0.1) is 19.8 Å². The van der Waals surface area contributed by atoms with Crippen LogP contribution in [0.1, 0.15) is 43.5 Å². The van der Waals surface area contributed by atoms with Gasteiger partial charge < -0.3 is 19.8 Å². The third kappa shape index (κ3) is 6.05. The Morgan fingerprint density at radius 2 is 2.18 bits per heavy atom. The van der Waals surface area contributed by atoms with Crippen molar-refractivity contribution >= 4 is 5.96 Å². The molecule has 6 nitrogen and oxygen atoms in total. The van der Waals surface area contributed by atoms with Gasteiger partial charge in [-0.05, 0) is 46.0 Å². The normalized spacial score (nSPS) is 15.1. The van der Waals surface area contributed by atoms with Crippen LogP contribution in [0.25, 0.3) is 0 Å². The molecule has 1 saturated carbocycles. The maximum Gasteiger partial charge on any atom is 0.216 e. The summed E-state index contributed by atoms with van der Waals surface area (Å²) in [6, 6.07) is 0. The molecular formula is C16H28N4O2. The summed E-state index contributed by atoms with van der Waals surface area (Å²) in [7, 11) is 0.